The molecule has 3 fully saturated rings. The largest absolute Gasteiger partial charge is 0.396 e. The van der Waals surface area contributed by atoms with Crippen LogP contribution in [0.3, 0.4) is 0 Å². The summed E-state index contributed by atoms with van der Waals surface area (Å²) in [6, 6.07) is 6.16. The van der Waals surface area contributed by atoms with Gasteiger partial charge in [-0.3, -0.25) is 14.4 Å². The molecule has 0 aliphatic carbocycles. The van der Waals surface area contributed by atoms with Gasteiger partial charge < -0.3 is 24.5 Å². The van der Waals surface area contributed by atoms with Gasteiger partial charge in [-0.05, 0) is 63.3 Å². The summed E-state index contributed by atoms with van der Waals surface area (Å²) in [6.07, 6.45) is 8.32. The van der Waals surface area contributed by atoms with E-state index in [4.69, 9.17) is 16.3 Å². The number of anilines is 1. The molecule has 41 heavy (non-hydrogen) atoms. The molecule has 0 radical (unpaired) electrons. The van der Waals surface area contributed by atoms with E-state index in [2.05, 4.69) is 13.2 Å². The molecule has 3 heterocycles. The van der Waals surface area contributed by atoms with Crippen LogP contribution in [0.25, 0.3) is 0 Å². The Morgan fingerprint density at radius 1 is 1.10 bits per heavy atom. The molecule has 2 unspecified atom stereocenters. The van der Waals surface area contributed by atoms with Crippen LogP contribution in [0.4, 0.5) is 5.69 Å². The van der Waals surface area contributed by atoms with Gasteiger partial charge in [-0.2, -0.15) is 0 Å². The molecule has 2 bridgehead atoms. The first kappa shape index (κ1) is 31.3. The molecule has 3 amide bonds. The summed E-state index contributed by atoms with van der Waals surface area (Å²) < 4.78 is 6.81. The first-order valence-corrected chi connectivity index (χ1v) is 15.3. The second kappa shape index (κ2) is 13.1. The Morgan fingerprint density at radius 2 is 1.78 bits per heavy atom. The van der Waals surface area contributed by atoms with Crippen molar-refractivity contribution in [3.8, 4) is 0 Å². The van der Waals surface area contributed by atoms with Crippen LogP contribution >= 0.6 is 11.6 Å². The third kappa shape index (κ3) is 5.71. The standard InChI is InChI=1S/C32H44ClN3O5/c1-5-18-34(19-6-2)28(38)25-26-29(39)36(21-10-8-9-11-22-37)27(32(26)17-16-31(25,4)41-32)30(40)35(20-7-3)24-14-12-23(33)13-15-24/h5,7,12-15,25-27,37H,1,3,6,8-11,16-22H2,2,4H3/t25-,26+,27?,31+,32?/m1/s1. The van der Waals surface area contributed by atoms with Crippen molar-refractivity contribution in [2.45, 2.75) is 76.0 Å². The van der Waals surface area contributed by atoms with Crippen molar-refractivity contribution in [1.82, 2.24) is 9.80 Å². The summed E-state index contributed by atoms with van der Waals surface area (Å²) in [5.41, 5.74) is -1.27. The topological polar surface area (TPSA) is 90.4 Å². The number of hydrogen-bond donors (Lipinski definition) is 1. The summed E-state index contributed by atoms with van der Waals surface area (Å²) in [6.45, 7) is 13.4. The van der Waals surface area contributed by atoms with E-state index in [0.29, 0.717) is 56.0 Å². The van der Waals surface area contributed by atoms with Crippen LogP contribution in [0.5, 0.6) is 0 Å². The van der Waals surface area contributed by atoms with Crippen LogP contribution in [0.2, 0.25) is 5.02 Å². The van der Waals surface area contributed by atoms with Crippen LogP contribution < -0.4 is 4.90 Å². The van der Waals surface area contributed by atoms with E-state index in [1.807, 2.05) is 13.8 Å². The summed E-state index contributed by atoms with van der Waals surface area (Å²) in [7, 11) is 0. The minimum Gasteiger partial charge on any atom is -0.396 e. The van der Waals surface area contributed by atoms with Gasteiger partial charge >= 0.3 is 0 Å². The van der Waals surface area contributed by atoms with Gasteiger partial charge in [-0.25, -0.2) is 0 Å². The zero-order valence-corrected chi connectivity index (χ0v) is 25.2. The van der Waals surface area contributed by atoms with Crippen molar-refractivity contribution in [2.24, 2.45) is 11.8 Å². The maximum Gasteiger partial charge on any atom is 0.253 e. The lowest BCUT2D eigenvalue weighted by molar-refractivity contribution is -0.149. The number of ether oxygens (including phenoxy) is 1. The van der Waals surface area contributed by atoms with E-state index in [1.54, 1.807) is 51.1 Å². The number of aliphatic hydroxyl groups is 1. The number of benzene rings is 1. The predicted octanol–water partition coefficient (Wildman–Crippen LogP) is 4.60. The number of hydrogen-bond acceptors (Lipinski definition) is 5. The highest BCUT2D eigenvalue weighted by molar-refractivity contribution is 6.30. The molecule has 0 saturated carbocycles. The normalized spacial score (nSPS) is 28.0. The number of halogens is 1. The number of carbonyl (C=O) groups excluding carboxylic acids is 3. The average molecular weight is 586 g/mol. The molecule has 1 spiro atoms. The minimum atomic E-state index is -1.09. The van der Waals surface area contributed by atoms with Gasteiger partial charge in [0, 0.05) is 43.5 Å². The Labute approximate surface area is 248 Å². The number of fused-ring (bicyclic) bond motifs is 1. The molecule has 0 aromatic heterocycles. The van der Waals surface area contributed by atoms with Crippen LogP contribution in [0.15, 0.2) is 49.6 Å². The number of likely N-dealkylation sites (tertiary alicyclic amines) is 1. The summed E-state index contributed by atoms with van der Waals surface area (Å²) in [5, 5.41) is 9.74. The molecule has 1 N–H and O–H groups in total. The van der Waals surface area contributed by atoms with Crippen molar-refractivity contribution in [3.05, 3.63) is 54.6 Å². The number of unbranched alkanes of at least 4 members (excludes halogenated alkanes) is 3. The van der Waals surface area contributed by atoms with Gasteiger partial charge in [-0.15, -0.1) is 13.2 Å². The zero-order valence-electron chi connectivity index (χ0n) is 24.4. The fourth-order valence-corrected chi connectivity index (χ4v) is 7.33. The second-order valence-corrected chi connectivity index (χ2v) is 12.1. The fourth-order valence-electron chi connectivity index (χ4n) is 7.20. The minimum absolute atomic E-state index is 0.106. The van der Waals surface area contributed by atoms with Crippen molar-refractivity contribution >= 4 is 35.0 Å². The molecule has 8 nitrogen and oxygen atoms in total. The quantitative estimate of drug-likeness (QED) is 0.240. The van der Waals surface area contributed by atoms with Gasteiger partial charge in [0.15, 0.2) is 0 Å². The van der Waals surface area contributed by atoms with Crippen molar-refractivity contribution in [1.29, 1.82) is 0 Å². The number of carbonyl (C=O) groups is 3. The summed E-state index contributed by atoms with van der Waals surface area (Å²) in [5.74, 6) is -1.94. The van der Waals surface area contributed by atoms with E-state index in [1.165, 1.54) is 0 Å². The summed E-state index contributed by atoms with van der Waals surface area (Å²) >= 11 is 6.14. The van der Waals surface area contributed by atoms with Crippen molar-refractivity contribution in [3.63, 3.8) is 0 Å². The van der Waals surface area contributed by atoms with E-state index < -0.39 is 29.1 Å². The second-order valence-electron chi connectivity index (χ2n) is 11.7. The van der Waals surface area contributed by atoms with Gasteiger partial charge in [-0.1, -0.05) is 43.5 Å². The first-order valence-electron chi connectivity index (χ1n) is 14.9. The molecular formula is C32H44ClN3O5. The van der Waals surface area contributed by atoms with E-state index in [-0.39, 0.29) is 30.9 Å². The number of nitrogens with zero attached hydrogens (tertiary/aromatic N) is 3. The predicted molar refractivity (Wildman–Crippen MR) is 161 cm³/mol. The van der Waals surface area contributed by atoms with E-state index in [9.17, 15) is 19.5 Å². The molecular weight excluding hydrogens is 542 g/mol. The molecule has 9 heteroatoms. The van der Waals surface area contributed by atoms with Crippen molar-refractivity contribution in [2.75, 3.05) is 37.7 Å². The lowest BCUT2D eigenvalue weighted by atomic mass is 9.66. The maximum absolute atomic E-state index is 14.6. The Hall–Kier alpha value is -2.68. The molecule has 3 aliphatic rings. The Bertz CT molecular complexity index is 1140. The van der Waals surface area contributed by atoms with Crippen LogP contribution in [-0.4, -0.2) is 82.7 Å². The average Bonchev–Trinajstić information content (AvgIpc) is 3.52. The lowest BCUT2D eigenvalue weighted by Gasteiger charge is -2.37. The maximum atomic E-state index is 14.6. The van der Waals surface area contributed by atoms with Crippen LogP contribution in [-0.2, 0) is 19.1 Å². The van der Waals surface area contributed by atoms with Crippen LogP contribution in [0.1, 0.15) is 58.8 Å². The van der Waals surface area contributed by atoms with E-state index >= 15 is 0 Å². The third-order valence-electron chi connectivity index (χ3n) is 8.95. The monoisotopic (exact) mass is 585 g/mol. The SMILES string of the molecule is C=CCN(CCC)C(=O)[C@H]1[C@H]2C(=O)N(CCCCCCO)C(C(=O)N(CC=C)c3ccc(Cl)cc3)C23CC[C@]1(C)O3. The molecule has 1 aromatic rings. The Balaban J connectivity index is 1.75. The number of rotatable bonds is 15. The molecule has 3 saturated heterocycles. The Morgan fingerprint density at radius 3 is 2.41 bits per heavy atom. The van der Waals surface area contributed by atoms with E-state index in [0.717, 1.165) is 19.3 Å². The highest BCUT2D eigenvalue weighted by atomic mass is 35.5. The van der Waals surface area contributed by atoms with Gasteiger partial charge in [0.1, 0.15) is 11.6 Å². The molecule has 4 rings (SSSR count). The first-order chi connectivity index (χ1) is 19.7. The molecule has 3 aliphatic heterocycles. The van der Waals surface area contributed by atoms with Gasteiger partial charge in [0.2, 0.25) is 11.8 Å². The number of aliphatic hydroxyl groups excluding tert-OH is 1. The number of amides is 3. The fraction of sp³-hybridized carbons (Fsp3) is 0.594. The summed E-state index contributed by atoms with van der Waals surface area (Å²) in [4.78, 5) is 48.1. The van der Waals surface area contributed by atoms with Crippen molar-refractivity contribution < 1.29 is 24.2 Å². The smallest absolute Gasteiger partial charge is 0.253 e. The molecule has 224 valence electrons. The lowest BCUT2D eigenvalue weighted by Crippen LogP contribution is -2.56. The zero-order chi connectivity index (χ0) is 29.8. The van der Waals surface area contributed by atoms with Gasteiger partial charge in [0.05, 0.1) is 17.4 Å². The highest BCUT2D eigenvalue weighted by Crippen LogP contribution is 2.63. The Kier molecular flexibility index (Phi) is 9.98. The molecule has 1 aromatic carbocycles. The third-order valence-corrected chi connectivity index (χ3v) is 9.21. The van der Waals surface area contributed by atoms with Gasteiger partial charge in [0.25, 0.3) is 5.91 Å². The van der Waals surface area contributed by atoms with Crippen LogP contribution in [0, 0.1) is 11.8 Å². The molecule has 5 atom stereocenters. The highest BCUT2D eigenvalue weighted by Gasteiger charge is 2.78.